The zero-order valence-electron chi connectivity index (χ0n) is 11.0. The van der Waals surface area contributed by atoms with Crippen LogP contribution in [0.3, 0.4) is 0 Å². The van der Waals surface area contributed by atoms with E-state index in [1.807, 2.05) is 0 Å². The van der Waals surface area contributed by atoms with Gasteiger partial charge in [-0.3, -0.25) is 4.79 Å². The second-order valence-corrected chi connectivity index (χ2v) is 5.53. The first-order valence-corrected chi connectivity index (χ1v) is 7.01. The van der Waals surface area contributed by atoms with Crippen LogP contribution in [0.4, 0.5) is 0 Å². The summed E-state index contributed by atoms with van der Waals surface area (Å²) in [6.07, 6.45) is 2.22. The number of carbonyl (C=O) groups excluding carboxylic acids is 1. The number of rotatable bonds is 9. The van der Waals surface area contributed by atoms with Gasteiger partial charge in [0.05, 0.1) is 6.61 Å². The van der Waals surface area contributed by atoms with E-state index >= 15 is 0 Å². The second-order valence-electron chi connectivity index (χ2n) is 4.16. The van der Waals surface area contributed by atoms with Gasteiger partial charge in [-0.15, -0.1) is 11.3 Å². The fourth-order valence-electron chi connectivity index (χ4n) is 1.55. The van der Waals surface area contributed by atoms with Crippen molar-refractivity contribution in [2.24, 2.45) is 0 Å². The van der Waals surface area contributed by atoms with Gasteiger partial charge in [0.2, 0.25) is 5.91 Å². The lowest BCUT2D eigenvalue weighted by molar-refractivity contribution is -0.142. The standard InChI is InChI=1S/C13H19NO4S/c1-10-5-6-11(19-10)3-2-4-12(15)14-7-8-18-9-13(16)17/h5-6H,2-4,7-9H2,1H3,(H,14,15)(H,16,17). The highest BCUT2D eigenvalue weighted by Crippen LogP contribution is 2.17. The van der Waals surface area contributed by atoms with Crippen molar-refractivity contribution in [3.63, 3.8) is 0 Å². The van der Waals surface area contributed by atoms with Crippen molar-refractivity contribution < 1.29 is 19.4 Å². The van der Waals surface area contributed by atoms with E-state index in [4.69, 9.17) is 9.84 Å². The SMILES string of the molecule is Cc1ccc(CCCC(=O)NCCOCC(=O)O)s1. The number of aliphatic carboxylic acids is 1. The Kier molecular flexibility index (Phi) is 7.14. The van der Waals surface area contributed by atoms with E-state index in [-0.39, 0.29) is 19.1 Å². The molecular weight excluding hydrogens is 266 g/mol. The van der Waals surface area contributed by atoms with Crippen LogP contribution in [0.25, 0.3) is 0 Å². The van der Waals surface area contributed by atoms with E-state index in [1.54, 1.807) is 11.3 Å². The first kappa shape index (κ1) is 15.7. The number of aryl methyl sites for hydroxylation is 2. The number of nitrogens with one attached hydrogen (secondary N) is 1. The third-order valence-corrected chi connectivity index (χ3v) is 3.48. The van der Waals surface area contributed by atoms with Crippen LogP contribution in [0.1, 0.15) is 22.6 Å². The lowest BCUT2D eigenvalue weighted by Crippen LogP contribution is -2.27. The fraction of sp³-hybridized carbons (Fsp3) is 0.538. The molecule has 0 aliphatic rings. The van der Waals surface area contributed by atoms with Crippen molar-refractivity contribution in [1.29, 1.82) is 0 Å². The maximum atomic E-state index is 11.5. The molecule has 6 heteroatoms. The van der Waals surface area contributed by atoms with Gasteiger partial charge in [0.25, 0.3) is 0 Å². The summed E-state index contributed by atoms with van der Waals surface area (Å²) in [5.41, 5.74) is 0. The van der Waals surface area contributed by atoms with Crippen molar-refractivity contribution in [2.45, 2.75) is 26.2 Å². The maximum absolute atomic E-state index is 11.5. The molecule has 0 aromatic carbocycles. The molecule has 1 heterocycles. The highest BCUT2D eigenvalue weighted by atomic mass is 32.1. The predicted molar refractivity (Wildman–Crippen MR) is 73.5 cm³/mol. The lowest BCUT2D eigenvalue weighted by Gasteiger charge is -2.04. The summed E-state index contributed by atoms with van der Waals surface area (Å²) < 4.78 is 4.81. The first-order chi connectivity index (χ1) is 9.08. The monoisotopic (exact) mass is 285 g/mol. The number of thiophene rings is 1. The number of carboxylic acids is 1. The smallest absolute Gasteiger partial charge is 0.329 e. The minimum Gasteiger partial charge on any atom is -0.480 e. The number of carbonyl (C=O) groups is 2. The van der Waals surface area contributed by atoms with Crippen LogP contribution in [0.15, 0.2) is 12.1 Å². The molecule has 0 saturated carbocycles. The Bertz CT molecular complexity index is 417. The highest BCUT2D eigenvalue weighted by Gasteiger charge is 2.03. The summed E-state index contributed by atoms with van der Waals surface area (Å²) >= 11 is 1.76. The van der Waals surface area contributed by atoms with Crippen molar-refractivity contribution in [3.05, 3.63) is 21.9 Å². The van der Waals surface area contributed by atoms with Gasteiger partial charge >= 0.3 is 5.97 Å². The Morgan fingerprint density at radius 1 is 1.42 bits per heavy atom. The molecule has 0 fully saturated rings. The lowest BCUT2D eigenvalue weighted by atomic mass is 10.2. The normalized spacial score (nSPS) is 10.4. The number of carboxylic acid groups (broad SMARTS) is 1. The topological polar surface area (TPSA) is 75.6 Å². The molecule has 0 radical (unpaired) electrons. The molecule has 19 heavy (non-hydrogen) atoms. The van der Waals surface area contributed by atoms with Gasteiger partial charge in [0.15, 0.2) is 0 Å². The van der Waals surface area contributed by atoms with Gasteiger partial charge in [-0.1, -0.05) is 0 Å². The van der Waals surface area contributed by atoms with Crippen LogP contribution in [0, 0.1) is 6.92 Å². The Morgan fingerprint density at radius 2 is 2.21 bits per heavy atom. The Labute approximate surface area is 116 Å². The quantitative estimate of drug-likeness (QED) is 0.676. The van der Waals surface area contributed by atoms with Gasteiger partial charge in [0, 0.05) is 22.7 Å². The van der Waals surface area contributed by atoms with Crippen LogP contribution in [0.2, 0.25) is 0 Å². The van der Waals surface area contributed by atoms with Gasteiger partial charge in [-0.25, -0.2) is 4.79 Å². The molecule has 1 aromatic heterocycles. The van der Waals surface area contributed by atoms with Crippen LogP contribution in [-0.2, 0) is 20.7 Å². The molecule has 0 bridgehead atoms. The maximum Gasteiger partial charge on any atom is 0.329 e. The largest absolute Gasteiger partial charge is 0.480 e. The zero-order chi connectivity index (χ0) is 14.1. The van der Waals surface area contributed by atoms with Crippen LogP contribution < -0.4 is 5.32 Å². The van der Waals surface area contributed by atoms with Crippen molar-refractivity contribution in [3.8, 4) is 0 Å². The first-order valence-electron chi connectivity index (χ1n) is 6.19. The number of amides is 1. The van der Waals surface area contributed by atoms with Crippen LogP contribution in [0.5, 0.6) is 0 Å². The summed E-state index contributed by atoms with van der Waals surface area (Å²) in [6, 6.07) is 4.18. The van der Waals surface area contributed by atoms with E-state index in [2.05, 4.69) is 24.4 Å². The van der Waals surface area contributed by atoms with E-state index in [9.17, 15) is 9.59 Å². The van der Waals surface area contributed by atoms with Gasteiger partial charge in [-0.2, -0.15) is 0 Å². The molecule has 1 rings (SSSR count). The summed E-state index contributed by atoms with van der Waals surface area (Å²) in [4.78, 5) is 24.2. The van der Waals surface area contributed by atoms with E-state index in [0.717, 1.165) is 12.8 Å². The second kappa shape index (κ2) is 8.66. The molecule has 0 unspecified atom stereocenters. The van der Waals surface area contributed by atoms with E-state index in [1.165, 1.54) is 9.75 Å². The molecule has 1 amide bonds. The molecule has 106 valence electrons. The average molecular weight is 285 g/mol. The van der Waals surface area contributed by atoms with Gasteiger partial charge in [0.1, 0.15) is 6.61 Å². The van der Waals surface area contributed by atoms with Crippen molar-refractivity contribution in [2.75, 3.05) is 19.8 Å². The fourth-order valence-corrected chi connectivity index (χ4v) is 2.49. The molecule has 1 aromatic rings. The van der Waals surface area contributed by atoms with E-state index in [0.29, 0.717) is 13.0 Å². The average Bonchev–Trinajstić information content (AvgIpc) is 2.74. The Morgan fingerprint density at radius 3 is 2.84 bits per heavy atom. The summed E-state index contributed by atoms with van der Waals surface area (Å²) in [5, 5.41) is 11.0. The van der Waals surface area contributed by atoms with E-state index < -0.39 is 5.97 Å². The Hall–Kier alpha value is -1.40. The van der Waals surface area contributed by atoms with Crippen molar-refractivity contribution >= 4 is 23.2 Å². The number of ether oxygens (including phenoxy) is 1. The van der Waals surface area contributed by atoms with Gasteiger partial charge < -0.3 is 15.2 Å². The number of hydrogen-bond donors (Lipinski definition) is 2. The molecule has 2 N–H and O–H groups in total. The molecule has 5 nitrogen and oxygen atoms in total. The summed E-state index contributed by atoms with van der Waals surface area (Å²) in [6.45, 7) is 2.32. The van der Waals surface area contributed by atoms with Crippen LogP contribution in [-0.4, -0.2) is 36.7 Å². The van der Waals surface area contributed by atoms with Gasteiger partial charge in [-0.05, 0) is 31.9 Å². The zero-order valence-corrected chi connectivity index (χ0v) is 11.8. The molecular formula is C13H19NO4S. The molecule has 0 saturated heterocycles. The van der Waals surface area contributed by atoms with Crippen LogP contribution >= 0.6 is 11.3 Å². The minimum atomic E-state index is -1.00. The summed E-state index contributed by atoms with van der Waals surface area (Å²) in [5.74, 6) is -1.02. The minimum absolute atomic E-state index is 0.0211. The molecule has 0 aliphatic heterocycles. The molecule has 0 aliphatic carbocycles. The third-order valence-electron chi connectivity index (χ3n) is 2.42. The predicted octanol–water partition coefficient (Wildman–Crippen LogP) is 1.60. The highest BCUT2D eigenvalue weighted by molar-refractivity contribution is 7.11. The Balaban J connectivity index is 2.00. The molecule has 0 spiro atoms. The summed E-state index contributed by atoms with van der Waals surface area (Å²) in [7, 11) is 0. The number of hydrogen-bond acceptors (Lipinski definition) is 4. The third kappa shape index (κ3) is 7.58. The van der Waals surface area contributed by atoms with Crippen molar-refractivity contribution in [1.82, 2.24) is 5.32 Å². The molecule has 0 atom stereocenters.